The Labute approximate surface area is 180 Å². The minimum atomic E-state index is -1.16. The molecule has 5 rings (SSSR count). The van der Waals surface area contributed by atoms with Crippen molar-refractivity contribution in [3.63, 3.8) is 0 Å². The lowest BCUT2D eigenvalue weighted by Gasteiger charge is -2.19. The maximum absolute atomic E-state index is 13.6. The number of carbonyl (C=O) groups excluding carboxylic acids is 2. The van der Waals surface area contributed by atoms with Gasteiger partial charge in [0.25, 0.3) is 11.8 Å². The van der Waals surface area contributed by atoms with Crippen molar-refractivity contribution in [1.82, 2.24) is 15.1 Å². The zero-order valence-electron chi connectivity index (χ0n) is 17.0. The van der Waals surface area contributed by atoms with Gasteiger partial charge in [0, 0.05) is 11.6 Å². The highest BCUT2D eigenvalue weighted by atomic mass is 19.2. The predicted molar refractivity (Wildman–Crippen MR) is 106 cm³/mol. The van der Waals surface area contributed by atoms with Gasteiger partial charge in [0.2, 0.25) is 11.7 Å². The third-order valence-corrected chi connectivity index (χ3v) is 5.55. The molecule has 2 aliphatic rings. The standard InChI is InChI=1S/C21H16F2N6O3/c1-10-3-4-12(7-11(10)2)19-24-16(32-26-19)9-28-18-17(25-27-28)20(30)29(21(18)31)13-5-6-14(22)15(23)8-13/h3-8,17-18H,9H2,1-2H3/t17-,18+/m0/s1. The summed E-state index contributed by atoms with van der Waals surface area (Å²) < 4.78 is 32.2. The molecule has 0 radical (unpaired) electrons. The van der Waals surface area contributed by atoms with E-state index >= 15 is 0 Å². The number of carbonyl (C=O) groups is 2. The molecule has 11 heteroatoms. The summed E-state index contributed by atoms with van der Waals surface area (Å²) in [6.07, 6.45) is 0. The lowest BCUT2D eigenvalue weighted by Crippen LogP contribution is -2.39. The van der Waals surface area contributed by atoms with Gasteiger partial charge in [0.1, 0.15) is 6.54 Å². The quantitative estimate of drug-likeness (QED) is 0.580. The molecule has 0 unspecified atom stereocenters. The summed E-state index contributed by atoms with van der Waals surface area (Å²) in [4.78, 5) is 30.8. The molecule has 0 saturated carbocycles. The van der Waals surface area contributed by atoms with Gasteiger partial charge in [-0.15, -0.1) is 0 Å². The monoisotopic (exact) mass is 438 g/mol. The number of hydrogen-bond acceptors (Lipinski definition) is 8. The highest BCUT2D eigenvalue weighted by Gasteiger charge is 2.55. The largest absolute Gasteiger partial charge is 0.337 e. The molecule has 2 aromatic carbocycles. The van der Waals surface area contributed by atoms with Crippen LogP contribution in [0.5, 0.6) is 0 Å². The van der Waals surface area contributed by atoms with Crippen molar-refractivity contribution in [3.05, 3.63) is 65.1 Å². The van der Waals surface area contributed by atoms with Crippen molar-refractivity contribution < 1.29 is 22.9 Å². The van der Waals surface area contributed by atoms with Gasteiger partial charge in [-0.05, 0) is 43.2 Å². The number of aromatic nitrogens is 2. The molecule has 0 N–H and O–H groups in total. The summed E-state index contributed by atoms with van der Waals surface area (Å²) in [5, 5.41) is 13.1. The molecule has 1 saturated heterocycles. The van der Waals surface area contributed by atoms with E-state index in [2.05, 4.69) is 20.5 Å². The van der Waals surface area contributed by atoms with E-state index in [1.807, 2.05) is 32.0 Å². The third kappa shape index (κ3) is 3.13. The van der Waals surface area contributed by atoms with Crippen LogP contribution in [0.1, 0.15) is 17.0 Å². The Kier molecular flexibility index (Phi) is 4.54. The van der Waals surface area contributed by atoms with E-state index in [0.29, 0.717) is 5.82 Å². The zero-order valence-corrected chi connectivity index (χ0v) is 17.0. The molecule has 3 heterocycles. The van der Waals surface area contributed by atoms with Crippen LogP contribution in [0.15, 0.2) is 51.3 Å². The number of aryl methyl sites for hydroxylation is 2. The number of benzene rings is 2. The van der Waals surface area contributed by atoms with Crippen LogP contribution in [0.3, 0.4) is 0 Å². The Bertz CT molecular complexity index is 1290. The van der Waals surface area contributed by atoms with Crippen LogP contribution in [0.2, 0.25) is 0 Å². The number of hydrogen-bond donors (Lipinski definition) is 0. The molecule has 0 aliphatic carbocycles. The van der Waals surface area contributed by atoms with Gasteiger partial charge in [-0.2, -0.15) is 10.1 Å². The molecule has 0 spiro atoms. The second-order valence-electron chi connectivity index (χ2n) is 7.61. The summed E-state index contributed by atoms with van der Waals surface area (Å²) in [5.41, 5.74) is 2.92. The van der Waals surface area contributed by atoms with E-state index in [1.54, 1.807) is 0 Å². The van der Waals surface area contributed by atoms with Crippen molar-refractivity contribution >= 4 is 17.5 Å². The van der Waals surface area contributed by atoms with Gasteiger partial charge in [-0.3, -0.25) is 14.6 Å². The fourth-order valence-corrected chi connectivity index (χ4v) is 3.69. The van der Waals surface area contributed by atoms with Gasteiger partial charge in [0.05, 0.1) is 5.69 Å². The topological polar surface area (TPSA) is 104 Å². The fourth-order valence-electron chi connectivity index (χ4n) is 3.69. The SMILES string of the molecule is Cc1ccc(-c2noc(CN3N=N[C@@H]4C(=O)N(c5ccc(F)c(F)c5)C(=O)[C@@H]43)n2)cc1C. The van der Waals surface area contributed by atoms with Crippen LogP contribution in [-0.4, -0.2) is 39.0 Å². The van der Waals surface area contributed by atoms with Crippen LogP contribution in [0, 0.1) is 25.5 Å². The summed E-state index contributed by atoms with van der Waals surface area (Å²) in [5.74, 6) is -2.99. The summed E-state index contributed by atoms with van der Waals surface area (Å²) >= 11 is 0. The Hall–Kier alpha value is -4.02. The molecule has 1 aromatic heterocycles. The average molecular weight is 438 g/mol. The maximum atomic E-state index is 13.6. The van der Waals surface area contributed by atoms with E-state index < -0.39 is 35.5 Å². The fraction of sp³-hybridized carbons (Fsp3) is 0.238. The van der Waals surface area contributed by atoms with Crippen molar-refractivity contribution in [2.45, 2.75) is 32.5 Å². The lowest BCUT2D eigenvalue weighted by molar-refractivity contribution is -0.123. The van der Waals surface area contributed by atoms with Gasteiger partial charge in [0.15, 0.2) is 23.7 Å². The summed E-state index contributed by atoms with van der Waals surface area (Å²) in [6, 6.07) is 6.45. The van der Waals surface area contributed by atoms with Gasteiger partial charge in [-0.1, -0.05) is 22.5 Å². The molecule has 2 aliphatic heterocycles. The van der Waals surface area contributed by atoms with E-state index in [9.17, 15) is 18.4 Å². The number of amides is 2. The highest BCUT2D eigenvalue weighted by molar-refractivity contribution is 6.25. The minimum absolute atomic E-state index is 0.0485. The molecule has 9 nitrogen and oxygen atoms in total. The molecule has 0 bridgehead atoms. The van der Waals surface area contributed by atoms with Gasteiger partial charge >= 0.3 is 0 Å². The Morgan fingerprint density at radius 1 is 1.00 bits per heavy atom. The van der Waals surface area contributed by atoms with Crippen molar-refractivity contribution in [3.8, 4) is 11.4 Å². The second-order valence-corrected chi connectivity index (χ2v) is 7.61. The van der Waals surface area contributed by atoms with Crippen LogP contribution < -0.4 is 4.90 Å². The van der Waals surface area contributed by atoms with Crippen LogP contribution in [-0.2, 0) is 16.1 Å². The first-order valence-electron chi connectivity index (χ1n) is 9.74. The molecule has 2 atom stereocenters. The first-order chi connectivity index (χ1) is 15.3. The number of fused-ring (bicyclic) bond motifs is 1. The summed E-state index contributed by atoms with van der Waals surface area (Å²) in [6.45, 7) is 3.93. The number of anilines is 1. The number of halogens is 2. The van der Waals surface area contributed by atoms with Crippen molar-refractivity contribution in [1.29, 1.82) is 0 Å². The molecule has 162 valence electrons. The van der Waals surface area contributed by atoms with Crippen molar-refractivity contribution in [2.75, 3.05) is 4.90 Å². The Morgan fingerprint density at radius 2 is 1.81 bits per heavy atom. The first-order valence-corrected chi connectivity index (χ1v) is 9.74. The molecular formula is C21H16F2N6O3. The maximum Gasteiger partial charge on any atom is 0.263 e. The number of rotatable bonds is 4. The second kappa shape index (κ2) is 7.29. The molecule has 2 amide bonds. The van der Waals surface area contributed by atoms with Crippen LogP contribution in [0.25, 0.3) is 11.4 Å². The third-order valence-electron chi connectivity index (χ3n) is 5.55. The Morgan fingerprint density at radius 3 is 2.56 bits per heavy atom. The average Bonchev–Trinajstić information content (AvgIpc) is 3.45. The van der Waals surface area contributed by atoms with E-state index in [4.69, 9.17) is 4.52 Å². The minimum Gasteiger partial charge on any atom is -0.337 e. The van der Waals surface area contributed by atoms with Crippen molar-refractivity contribution in [2.24, 2.45) is 10.3 Å². The van der Waals surface area contributed by atoms with E-state index in [0.717, 1.165) is 39.8 Å². The molecule has 3 aromatic rings. The van der Waals surface area contributed by atoms with Crippen LogP contribution in [0.4, 0.5) is 14.5 Å². The lowest BCUT2D eigenvalue weighted by atomic mass is 10.1. The predicted octanol–water partition coefficient (Wildman–Crippen LogP) is 3.13. The Balaban J connectivity index is 1.37. The smallest absolute Gasteiger partial charge is 0.263 e. The van der Waals surface area contributed by atoms with E-state index in [1.165, 1.54) is 5.01 Å². The van der Waals surface area contributed by atoms with E-state index in [-0.39, 0.29) is 18.1 Å². The number of nitrogens with zero attached hydrogens (tertiary/aromatic N) is 6. The summed E-state index contributed by atoms with van der Waals surface area (Å²) in [7, 11) is 0. The zero-order chi connectivity index (χ0) is 22.6. The normalized spacial score (nSPS) is 19.9. The molecule has 32 heavy (non-hydrogen) atoms. The van der Waals surface area contributed by atoms with Gasteiger partial charge < -0.3 is 4.52 Å². The first kappa shape index (κ1) is 19.9. The molecule has 1 fully saturated rings. The number of imide groups is 1. The van der Waals surface area contributed by atoms with Crippen LogP contribution >= 0.6 is 0 Å². The highest BCUT2D eigenvalue weighted by Crippen LogP contribution is 2.33. The molecular weight excluding hydrogens is 422 g/mol. The van der Waals surface area contributed by atoms with Gasteiger partial charge in [-0.25, -0.2) is 13.7 Å².